The highest BCUT2D eigenvalue weighted by atomic mass is 31.2. The minimum Gasteiger partial charge on any atom is -0.385 e. The standard InChI is InChI=1S/C21H18N3O10P/c1-13-4-7-16(22(25)26)10-19(13)32-35(31,33-20-11-17(23(27)28)8-5-14(20)2)34-21-12-18(24(29)30)9-6-15(21)3/h4-12H,1-3H3. The van der Waals surface area contributed by atoms with Crippen molar-refractivity contribution in [1.82, 2.24) is 0 Å². The van der Waals surface area contributed by atoms with Crippen LogP contribution in [0.4, 0.5) is 17.1 Å². The van der Waals surface area contributed by atoms with E-state index in [0.29, 0.717) is 16.7 Å². The second-order valence-corrected chi connectivity index (χ2v) is 8.78. The molecule has 0 aliphatic rings. The molecule has 0 aliphatic heterocycles. The van der Waals surface area contributed by atoms with Gasteiger partial charge in [0.05, 0.1) is 33.0 Å². The van der Waals surface area contributed by atoms with Gasteiger partial charge in [-0.25, -0.2) is 0 Å². The summed E-state index contributed by atoms with van der Waals surface area (Å²) in [6.07, 6.45) is 0. The number of nitrogens with zero attached hydrogens (tertiary/aromatic N) is 3. The van der Waals surface area contributed by atoms with Crippen LogP contribution >= 0.6 is 7.82 Å². The van der Waals surface area contributed by atoms with Crippen LogP contribution in [0.15, 0.2) is 54.6 Å². The molecule has 13 nitrogen and oxygen atoms in total. The van der Waals surface area contributed by atoms with Gasteiger partial charge in [0.15, 0.2) is 0 Å². The van der Waals surface area contributed by atoms with Crippen molar-refractivity contribution in [3.63, 3.8) is 0 Å². The maximum atomic E-state index is 13.8. The van der Waals surface area contributed by atoms with Gasteiger partial charge in [0.25, 0.3) is 17.1 Å². The average molecular weight is 503 g/mol. The number of phosphoric acid groups is 1. The zero-order valence-electron chi connectivity index (χ0n) is 18.6. The average Bonchev–Trinajstić information content (AvgIpc) is 2.77. The first-order valence-corrected chi connectivity index (χ1v) is 11.3. The Morgan fingerprint density at radius 1 is 0.571 bits per heavy atom. The largest absolute Gasteiger partial charge is 0.647 e. The van der Waals surface area contributed by atoms with Gasteiger partial charge in [0, 0.05) is 18.2 Å². The third kappa shape index (κ3) is 5.89. The Balaban J connectivity index is 2.11. The van der Waals surface area contributed by atoms with Gasteiger partial charge in [-0.3, -0.25) is 30.3 Å². The molecule has 35 heavy (non-hydrogen) atoms. The maximum Gasteiger partial charge on any atom is 0.647 e. The molecule has 3 aromatic carbocycles. The smallest absolute Gasteiger partial charge is 0.385 e. The summed E-state index contributed by atoms with van der Waals surface area (Å²) in [5, 5.41) is 33.6. The number of nitro groups is 3. The van der Waals surface area contributed by atoms with Crippen LogP contribution in [0.2, 0.25) is 0 Å². The number of rotatable bonds is 9. The summed E-state index contributed by atoms with van der Waals surface area (Å²) in [6, 6.07) is 10.7. The molecule has 0 aliphatic carbocycles. The summed E-state index contributed by atoms with van der Waals surface area (Å²) >= 11 is 0. The molecule has 0 atom stereocenters. The Bertz CT molecular complexity index is 1230. The van der Waals surface area contributed by atoms with Crippen molar-refractivity contribution < 1.29 is 32.9 Å². The number of non-ortho nitro benzene ring substituents is 3. The summed E-state index contributed by atoms with van der Waals surface area (Å²) in [6.45, 7) is 4.59. The Kier molecular flexibility index (Phi) is 7.01. The summed E-state index contributed by atoms with van der Waals surface area (Å²) < 4.78 is 30.4. The molecule has 0 aromatic heterocycles. The van der Waals surface area contributed by atoms with Gasteiger partial charge in [-0.1, -0.05) is 0 Å². The van der Waals surface area contributed by atoms with Crippen LogP contribution in [-0.4, -0.2) is 14.8 Å². The van der Waals surface area contributed by atoms with Crippen LogP contribution in [0, 0.1) is 51.1 Å². The lowest BCUT2D eigenvalue weighted by Gasteiger charge is -2.21. The SMILES string of the molecule is Cc1ccc([N+](=O)[O-])cc1OP(=O)(Oc1cc([N+](=O)[O-])ccc1C)Oc1cc([N+](=O)[O-])ccc1C. The van der Waals surface area contributed by atoms with Crippen molar-refractivity contribution in [1.29, 1.82) is 0 Å². The van der Waals surface area contributed by atoms with Gasteiger partial charge in [0.1, 0.15) is 17.2 Å². The Labute approximate surface area is 197 Å². The molecule has 0 unspecified atom stereocenters. The quantitative estimate of drug-likeness (QED) is 0.192. The van der Waals surface area contributed by atoms with E-state index in [1.807, 2.05) is 0 Å². The molecule has 0 saturated carbocycles. The second kappa shape index (κ2) is 9.77. The lowest BCUT2D eigenvalue weighted by molar-refractivity contribution is -0.385. The fourth-order valence-electron chi connectivity index (χ4n) is 2.82. The van der Waals surface area contributed by atoms with Crippen LogP contribution in [0.5, 0.6) is 17.2 Å². The van der Waals surface area contributed by atoms with Gasteiger partial charge in [-0.15, -0.1) is 0 Å². The van der Waals surface area contributed by atoms with E-state index in [1.54, 1.807) is 0 Å². The minimum absolute atomic E-state index is 0.214. The van der Waals surface area contributed by atoms with Crippen molar-refractivity contribution in [2.75, 3.05) is 0 Å². The minimum atomic E-state index is -4.78. The van der Waals surface area contributed by atoms with Gasteiger partial charge in [-0.2, -0.15) is 4.57 Å². The third-order valence-electron chi connectivity index (χ3n) is 4.78. The van der Waals surface area contributed by atoms with Gasteiger partial charge >= 0.3 is 7.82 Å². The van der Waals surface area contributed by atoms with E-state index in [1.165, 1.54) is 57.2 Å². The zero-order chi connectivity index (χ0) is 25.9. The van der Waals surface area contributed by atoms with Crippen molar-refractivity contribution in [2.24, 2.45) is 0 Å². The molecular weight excluding hydrogens is 485 g/mol. The van der Waals surface area contributed by atoms with Crippen LogP contribution in [0.1, 0.15) is 16.7 Å². The summed E-state index contributed by atoms with van der Waals surface area (Å²) in [4.78, 5) is 31.5. The fourth-order valence-corrected chi connectivity index (χ4v) is 4.24. The van der Waals surface area contributed by atoms with E-state index < -0.39 is 22.6 Å². The highest BCUT2D eigenvalue weighted by Gasteiger charge is 2.36. The van der Waals surface area contributed by atoms with Crippen LogP contribution in [0.25, 0.3) is 0 Å². The number of hydrogen-bond acceptors (Lipinski definition) is 10. The van der Waals surface area contributed by atoms with E-state index in [0.717, 1.165) is 18.2 Å². The van der Waals surface area contributed by atoms with E-state index in [-0.39, 0.29) is 34.3 Å². The molecule has 3 aromatic rings. The first-order chi connectivity index (χ1) is 16.4. The normalized spacial score (nSPS) is 10.9. The number of benzene rings is 3. The molecule has 0 N–H and O–H groups in total. The lowest BCUT2D eigenvalue weighted by atomic mass is 10.2. The first kappa shape index (κ1) is 25.1. The molecule has 14 heteroatoms. The van der Waals surface area contributed by atoms with Crippen molar-refractivity contribution >= 4 is 24.9 Å². The van der Waals surface area contributed by atoms with Gasteiger partial charge in [-0.05, 0) is 55.7 Å². The second-order valence-electron chi connectivity index (χ2n) is 7.34. The van der Waals surface area contributed by atoms with E-state index in [4.69, 9.17) is 13.6 Å². The zero-order valence-corrected chi connectivity index (χ0v) is 19.5. The van der Waals surface area contributed by atoms with Gasteiger partial charge < -0.3 is 13.6 Å². The van der Waals surface area contributed by atoms with E-state index in [9.17, 15) is 34.9 Å². The van der Waals surface area contributed by atoms with Crippen molar-refractivity contribution in [2.45, 2.75) is 20.8 Å². The predicted molar refractivity (Wildman–Crippen MR) is 123 cm³/mol. The van der Waals surface area contributed by atoms with Crippen LogP contribution in [0.3, 0.4) is 0 Å². The molecule has 182 valence electrons. The summed E-state index contributed by atoms with van der Waals surface area (Å²) in [5.74, 6) is -0.642. The third-order valence-corrected chi connectivity index (χ3v) is 6.04. The molecule has 0 heterocycles. The van der Waals surface area contributed by atoms with E-state index >= 15 is 0 Å². The van der Waals surface area contributed by atoms with Gasteiger partial charge in [0.2, 0.25) is 0 Å². The highest BCUT2D eigenvalue weighted by molar-refractivity contribution is 7.49. The summed E-state index contributed by atoms with van der Waals surface area (Å²) in [5.41, 5.74) is -0.0701. The summed E-state index contributed by atoms with van der Waals surface area (Å²) in [7, 11) is -4.78. The van der Waals surface area contributed by atoms with Crippen molar-refractivity contribution in [3.8, 4) is 17.2 Å². The fraction of sp³-hybridized carbons (Fsp3) is 0.143. The number of aryl methyl sites for hydroxylation is 3. The number of hydrogen-bond donors (Lipinski definition) is 0. The van der Waals surface area contributed by atoms with E-state index in [2.05, 4.69) is 0 Å². The topological polar surface area (TPSA) is 174 Å². The van der Waals surface area contributed by atoms with Crippen LogP contribution < -0.4 is 13.6 Å². The molecule has 0 fully saturated rings. The number of phosphoric ester groups is 1. The molecule has 0 spiro atoms. The van der Waals surface area contributed by atoms with Crippen LogP contribution in [-0.2, 0) is 4.57 Å². The molecule has 0 radical (unpaired) electrons. The Hall–Kier alpha value is -4.51. The molecule has 0 bridgehead atoms. The highest BCUT2D eigenvalue weighted by Crippen LogP contribution is 2.52. The first-order valence-electron chi connectivity index (χ1n) is 9.82. The monoisotopic (exact) mass is 503 g/mol. The molecule has 3 rings (SSSR count). The maximum absolute atomic E-state index is 13.8. The number of nitro benzene ring substituents is 3. The molecular formula is C21H18N3O10P. The van der Waals surface area contributed by atoms with Crippen molar-refractivity contribution in [3.05, 3.63) is 102 Å². The predicted octanol–water partition coefficient (Wildman–Crippen LogP) is 5.98. The Morgan fingerprint density at radius 2 is 0.829 bits per heavy atom. The Morgan fingerprint density at radius 3 is 1.06 bits per heavy atom. The molecule has 0 amide bonds. The lowest BCUT2D eigenvalue weighted by Crippen LogP contribution is -2.10. The molecule has 0 saturated heterocycles.